The fourth-order valence-corrected chi connectivity index (χ4v) is 4.21. The lowest BCUT2D eigenvalue weighted by Crippen LogP contribution is -2.50. The number of halogens is 1. The van der Waals surface area contributed by atoms with Gasteiger partial charge in [-0.05, 0) is 37.1 Å². The normalized spacial score (nSPS) is 18.0. The molecule has 1 aromatic rings. The minimum atomic E-state index is -4.10. The molecular weight excluding hydrogens is 344 g/mol. The summed E-state index contributed by atoms with van der Waals surface area (Å²) in [7, 11) is -4.10. The number of carbonyl (C=O) groups excluding carboxylic acids is 1. The lowest BCUT2D eigenvalue weighted by Gasteiger charge is -2.31. The van der Waals surface area contributed by atoms with Gasteiger partial charge in [0.05, 0.1) is 11.3 Å². The van der Waals surface area contributed by atoms with Gasteiger partial charge in [0.2, 0.25) is 5.91 Å². The fraction of sp³-hybridized carbons (Fsp3) is 0.286. The molecule has 1 aliphatic rings. The highest BCUT2D eigenvalue weighted by Crippen LogP contribution is 2.28. The van der Waals surface area contributed by atoms with E-state index in [0.29, 0.717) is 16.1 Å². The number of carboxylic acid groups (broad SMARTS) is 1. The van der Waals surface area contributed by atoms with Gasteiger partial charge in [0.15, 0.2) is 0 Å². The molecule has 2 N–H and O–H groups in total. The van der Waals surface area contributed by atoms with Crippen molar-refractivity contribution in [1.82, 2.24) is 9.62 Å². The number of hydrogen-bond acceptors (Lipinski definition) is 4. The van der Waals surface area contributed by atoms with Crippen LogP contribution in [-0.4, -0.2) is 35.7 Å². The molecule has 0 saturated carbocycles. The molecule has 0 unspecified atom stereocenters. The Morgan fingerprint density at radius 1 is 1.35 bits per heavy atom. The number of hydrogen-bond donors (Lipinski definition) is 2. The second-order valence-corrected chi connectivity index (χ2v) is 7.36. The molecule has 0 aliphatic carbocycles. The Balaban J connectivity index is 2.55. The van der Waals surface area contributed by atoms with Gasteiger partial charge in [-0.3, -0.25) is 13.9 Å². The molecule has 124 valence electrons. The smallest absolute Gasteiger partial charge is 0.306 e. The molecule has 7 nitrogen and oxygen atoms in total. The molecule has 1 heterocycles. The van der Waals surface area contributed by atoms with Crippen molar-refractivity contribution in [2.75, 3.05) is 0 Å². The van der Waals surface area contributed by atoms with Gasteiger partial charge in [0.1, 0.15) is 6.04 Å². The highest BCUT2D eigenvalue weighted by molar-refractivity contribution is 7.89. The van der Waals surface area contributed by atoms with Crippen molar-refractivity contribution in [3.8, 4) is 0 Å². The number of amides is 1. The summed E-state index contributed by atoms with van der Waals surface area (Å²) in [6, 6.07) is 1.58. The van der Waals surface area contributed by atoms with Crippen LogP contribution in [0.4, 0.5) is 0 Å². The first-order valence-corrected chi connectivity index (χ1v) is 8.45. The number of nitrogens with one attached hydrogen (secondary N) is 1. The number of sulfonamides is 1. The molecule has 1 aliphatic heterocycles. The van der Waals surface area contributed by atoms with Gasteiger partial charge in [-0.25, -0.2) is 8.42 Å². The molecule has 2 rings (SSSR count). The molecule has 0 fully saturated rings. The third-order valence-electron chi connectivity index (χ3n) is 3.44. The lowest BCUT2D eigenvalue weighted by molar-refractivity contribution is -0.140. The Labute approximate surface area is 138 Å². The third kappa shape index (κ3) is 3.32. The number of aliphatic carboxylic acids is 1. The standard InChI is InChI=1S/C14H15ClN2O5S/c1-8-6-12(9(2)5-10(8)15)23(21,22)17-4-3-16-14(20)11(17)7-13(18)19/h3-6,11H,7H2,1-2H3,(H,16,20)(H,18,19)/t11-/m1/s1. The van der Waals surface area contributed by atoms with Crippen LogP contribution in [0.3, 0.4) is 0 Å². The van der Waals surface area contributed by atoms with Gasteiger partial charge < -0.3 is 10.4 Å². The van der Waals surface area contributed by atoms with Crippen LogP contribution in [0.1, 0.15) is 17.5 Å². The maximum absolute atomic E-state index is 12.9. The SMILES string of the molecule is Cc1cc(S(=O)(=O)N2C=CNC(=O)[C@H]2CC(=O)O)c(C)cc1Cl. The summed E-state index contributed by atoms with van der Waals surface area (Å²) in [4.78, 5) is 22.8. The summed E-state index contributed by atoms with van der Waals surface area (Å²) in [5.74, 6) is -1.97. The van der Waals surface area contributed by atoms with E-state index in [4.69, 9.17) is 16.7 Å². The van der Waals surface area contributed by atoms with Gasteiger partial charge in [-0.1, -0.05) is 11.6 Å². The topological polar surface area (TPSA) is 104 Å². The first kappa shape index (κ1) is 17.3. The Kier molecular flexibility index (Phi) is 4.67. The van der Waals surface area contributed by atoms with Crippen molar-refractivity contribution in [3.63, 3.8) is 0 Å². The molecule has 1 aromatic carbocycles. The average molecular weight is 359 g/mol. The zero-order valence-electron chi connectivity index (χ0n) is 12.4. The average Bonchev–Trinajstić information content (AvgIpc) is 2.44. The van der Waals surface area contributed by atoms with E-state index in [1.807, 2.05) is 0 Å². The minimum absolute atomic E-state index is 0.0193. The Morgan fingerprint density at radius 2 is 2.00 bits per heavy atom. The molecule has 1 amide bonds. The molecule has 0 bridgehead atoms. The van der Waals surface area contributed by atoms with Gasteiger partial charge in [0, 0.05) is 17.4 Å². The fourth-order valence-electron chi connectivity index (χ4n) is 2.25. The van der Waals surface area contributed by atoms with Crippen LogP contribution in [0.25, 0.3) is 0 Å². The van der Waals surface area contributed by atoms with Gasteiger partial charge in [0.25, 0.3) is 10.0 Å². The monoisotopic (exact) mass is 358 g/mol. The number of carbonyl (C=O) groups is 2. The van der Waals surface area contributed by atoms with Crippen molar-refractivity contribution >= 4 is 33.5 Å². The number of rotatable bonds is 4. The maximum atomic E-state index is 12.9. The van der Waals surface area contributed by atoms with E-state index in [2.05, 4.69) is 5.32 Å². The van der Waals surface area contributed by atoms with E-state index >= 15 is 0 Å². The van der Waals surface area contributed by atoms with E-state index in [-0.39, 0.29) is 4.90 Å². The Morgan fingerprint density at radius 3 is 2.61 bits per heavy atom. The summed E-state index contributed by atoms with van der Waals surface area (Å²) in [6.45, 7) is 3.24. The number of benzene rings is 1. The van der Waals surface area contributed by atoms with Gasteiger partial charge in [-0.15, -0.1) is 0 Å². The number of nitrogens with zero attached hydrogens (tertiary/aromatic N) is 1. The molecule has 0 saturated heterocycles. The second-order valence-electron chi connectivity index (χ2n) is 5.14. The van der Waals surface area contributed by atoms with E-state index in [9.17, 15) is 18.0 Å². The van der Waals surface area contributed by atoms with Gasteiger partial charge in [-0.2, -0.15) is 0 Å². The quantitative estimate of drug-likeness (QED) is 0.846. The van der Waals surface area contributed by atoms with Crippen LogP contribution < -0.4 is 5.32 Å². The minimum Gasteiger partial charge on any atom is -0.481 e. The van der Waals surface area contributed by atoms with Crippen molar-refractivity contribution in [2.45, 2.75) is 31.2 Å². The van der Waals surface area contributed by atoms with Crippen LogP contribution in [0.2, 0.25) is 5.02 Å². The predicted molar refractivity (Wildman–Crippen MR) is 83.3 cm³/mol. The second kappa shape index (κ2) is 6.21. The molecule has 1 atom stereocenters. The van der Waals surface area contributed by atoms with Crippen molar-refractivity contribution in [2.24, 2.45) is 0 Å². The summed E-state index contributed by atoms with van der Waals surface area (Å²) in [5, 5.41) is 11.7. The summed E-state index contributed by atoms with van der Waals surface area (Å²) in [5.41, 5.74) is 0.977. The maximum Gasteiger partial charge on any atom is 0.306 e. The summed E-state index contributed by atoms with van der Waals surface area (Å²) in [6.07, 6.45) is 1.67. The molecule has 0 aromatic heterocycles. The van der Waals surface area contributed by atoms with Crippen molar-refractivity contribution in [3.05, 3.63) is 40.7 Å². The Hall–Kier alpha value is -2.06. The molecule has 9 heteroatoms. The van der Waals surface area contributed by atoms with Crippen molar-refractivity contribution in [1.29, 1.82) is 0 Å². The van der Waals surface area contributed by atoms with Crippen LogP contribution >= 0.6 is 11.6 Å². The van der Waals surface area contributed by atoms with E-state index in [1.165, 1.54) is 12.1 Å². The van der Waals surface area contributed by atoms with Gasteiger partial charge >= 0.3 is 5.97 Å². The first-order valence-electron chi connectivity index (χ1n) is 6.63. The van der Waals surface area contributed by atoms with Crippen LogP contribution in [0, 0.1) is 13.8 Å². The number of carboxylic acids is 1. The van der Waals surface area contributed by atoms with Crippen LogP contribution in [-0.2, 0) is 19.6 Å². The Bertz CT molecular complexity index is 804. The third-order valence-corrected chi connectivity index (χ3v) is 5.77. The molecule has 0 radical (unpaired) electrons. The highest BCUT2D eigenvalue weighted by atomic mass is 35.5. The highest BCUT2D eigenvalue weighted by Gasteiger charge is 2.37. The largest absolute Gasteiger partial charge is 0.481 e. The zero-order valence-corrected chi connectivity index (χ0v) is 14.0. The van der Waals surface area contributed by atoms with Crippen molar-refractivity contribution < 1.29 is 23.1 Å². The predicted octanol–water partition coefficient (Wildman–Crippen LogP) is 1.39. The number of aryl methyl sites for hydroxylation is 2. The molecule has 0 spiro atoms. The lowest BCUT2D eigenvalue weighted by atomic mass is 10.2. The van der Waals surface area contributed by atoms with Crippen LogP contribution in [0.5, 0.6) is 0 Å². The van der Waals surface area contributed by atoms with E-state index in [1.54, 1.807) is 13.8 Å². The molecule has 23 heavy (non-hydrogen) atoms. The first-order chi connectivity index (χ1) is 10.6. The van der Waals surface area contributed by atoms with E-state index in [0.717, 1.165) is 16.7 Å². The molecular formula is C14H15ClN2O5S. The summed E-state index contributed by atoms with van der Waals surface area (Å²) < 4.78 is 26.5. The van der Waals surface area contributed by atoms with E-state index < -0.39 is 34.4 Å². The zero-order chi connectivity index (χ0) is 17.4. The van der Waals surface area contributed by atoms with Crippen LogP contribution in [0.15, 0.2) is 29.4 Å². The summed E-state index contributed by atoms with van der Waals surface area (Å²) >= 11 is 5.98.